The Bertz CT molecular complexity index is 629. The van der Waals surface area contributed by atoms with Crippen LogP contribution in [0.3, 0.4) is 0 Å². The molecule has 5 heteroatoms. The van der Waals surface area contributed by atoms with Gasteiger partial charge in [0.1, 0.15) is 17.3 Å². The smallest absolute Gasteiger partial charge is 0.145 e. The highest BCUT2D eigenvalue weighted by atomic mass is 16.5. The zero-order valence-electron chi connectivity index (χ0n) is 11.2. The molecule has 3 N–H and O–H groups in total. The standard InChI is InChI=1S/C15H17N3O2/c16-13-8-11(17-18-13)14-10-4-2-5-19-12(10)7-9-3-1-6-20-15(9)14/h7-8H,1-6H2,(H3,16,17,18). The molecule has 0 fully saturated rings. The summed E-state index contributed by atoms with van der Waals surface area (Å²) in [6, 6.07) is 4.01. The third-order valence-electron chi connectivity index (χ3n) is 3.96. The monoisotopic (exact) mass is 271 g/mol. The summed E-state index contributed by atoms with van der Waals surface area (Å²) < 4.78 is 11.8. The van der Waals surface area contributed by atoms with E-state index in [9.17, 15) is 0 Å². The van der Waals surface area contributed by atoms with Crippen LogP contribution in [0.15, 0.2) is 12.1 Å². The molecule has 2 aliphatic rings. The van der Waals surface area contributed by atoms with E-state index in [1.165, 1.54) is 11.1 Å². The molecule has 0 bridgehead atoms. The van der Waals surface area contributed by atoms with Gasteiger partial charge in [0.05, 0.1) is 18.9 Å². The highest BCUT2D eigenvalue weighted by Crippen LogP contribution is 2.44. The summed E-state index contributed by atoms with van der Waals surface area (Å²) in [5.74, 6) is 2.46. The van der Waals surface area contributed by atoms with E-state index >= 15 is 0 Å². The van der Waals surface area contributed by atoms with Crippen LogP contribution in [-0.4, -0.2) is 23.4 Å². The first-order valence-electron chi connectivity index (χ1n) is 7.08. The molecule has 1 aromatic heterocycles. The number of nitrogens with zero attached hydrogens (tertiary/aromatic N) is 1. The summed E-state index contributed by atoms with van der Waals surface area (Å²) in [6.07, 6.45) is 4.11. The molecule has 4 rings (SSSR count). The molecule has 0 spiro atoms. The SMILES string of the molecule is Nc1cc(-c2c3c(cc4c2OCCC4)OCCC3)[nH]n1. The van der Waals surface area contributed by atoms with Crippen molar-refractivity contribution < 1.29 is 9.47 Å². The van der Waals surface area contributed by atoms with Crippen molar-refractivity contribution in [3.05, 3.63) is 23.3 Å². The van der Waals surface area contributed by atoms with Crippen LogP contribution >= 0.6 is 0 Å². The van der Waals surface area contributed by atoms with Crippen LogP contribution in [0.25, 0.3) is 11.3 Å². The minimum absolute atomic E-state index is 0.499. The average Bonchev–Trinajstić information content (AvgIpc) is 2.91. The maximum Gasteiger partial charge on any atom is 0.145 e. The lowest BCUT2D eigenvalue weighted by Gasteiger charge is -2.27. The van der Waals surface area contributed by atoms with Gasteiger partial charge < -0.3 is 15.2 Å². The molecule has 0 amide bonds. The number of aromatic amines is 1. The fourth-order valence-electron chi connectivity index (χ4n) is 3.08. The average molecular weight is 271 g/mol. The Hall–Kier alpha value is -2.17. The van der Waals surface area contributed by atoms with Crippen LogP contribution in [0.2, 0.25) is 0 Å². The molecule has 5 nitrogen and oxygen atoms in total. The minimum Gasteiger partial charge on any atom is -0.493 e. The fraction of sp³-hybridized carbons (Fsp3) is 0.400. The van der Waals surface area contributed by atoms with Gasteiger partial charge in [-0.2, -0.15) is 5.10 Å². The first kappa shape index (κ1) is 11.6. The zero-order valence-corrected chi connectivity index (χ0v) is 11.2. The second-order valence-electron chi connectivity index (χ2n) is 5.33. The Morgan fingerprint density at radius 3 is 2.80 bits per heavy atom. The largest absolute Gasteiger partial charge is 0.493 e. The molecule has 0 unspecified atom stereocenters. The van der Waals surface area contributed by atoms with Crippen LogP contribution in [0.5, 0.6) is 11.5 Å². The van der Waals surface area contributed by atoms with E-state index < -0.39 is 0 Å². The van der Waals surface area contributed by atoms with Gasteiger partial charge in [-0.3, -0.25) is 5.10 Å². The van der Waals surface area contributed by atoms with E-state index in [-0.39, 0.29) is 0 Å². The van der Waals surface area contributed by atoms with Gasteiger partial charge in [0, 0.05) is 17.2 Å². The Labute approximate surface area is 117 Å². The molecule has 3 heterocycles. The number of nitrogens with one attached hydrogen (secondary N) is 1. The number of aryl methyl sites for hydroxylation is 1. The summed E-state index contributed by atoms with van der Waals surface area (Å²) >= 11 is 0. The summed E-state index contributed by atoms with van der Waals surface area (Å²) in [4.78, 5) is 0. The second kappa shape index (κ2) is 4.44. The molecular weight excluding hydrogens is 254 g/mol. The number of rotatable bonds is 1. The minimum atomic E-state index is 0.499. The lowest BCUT2D eigenvalue weighted by Crippen LogP contribution is -2.15. The number of ether oxygens (including phenoxy) is 2. The van der Waals surface area contributed by atoms with Gasteiger partial charge in [-0.15, -0.1) is 0 Å². The lowest BCUT2D eigenvalue weighted by molar-refractivity contribution is 0.274. The van der Waals surface area contributed by atoms with Crippen molar-refractivity contribution in [1.82, 2.24) is 10.2 Å². The molecule has 1 aromatic carbocycles. The first-order chi connectivity index (χ1) is 9.83. The molecular formula is C15H17N3O2. The fourth-order valence-corrected chi connectivity index (χ4v) is 3.08. The number of benzene rings is 1. The highest BCUT2D eigenvalue weighted by molar-refractivity contribution is 5.77. The summed E-state index contributed by atoms with van der Waals surface area (Å²) in [6.45, 7) is 1.56. The van der Waals surface area contributed by atoms with E-state index in [1.54, 1.807) is 0 Å². The Balaban J connectivity index is 1.98. The van der Waals surface area contributed by atoms with Crippen molar-refractivity contribution in [3.63, 3.8) is 0 Å². The van der Waals surface area contributed by atoms with Crippen LogP contribution in [0.4, 0.5) is 5.82 Å². The maximum absolute atomic E-state index is 5.94. The number of anilines is 1. The van der Waals surface area contributed by atoms with Crippen LogP contribution < -0.4 is 15.2 Å². The Morgan fingerprint density at radius 2 is 1.95 bits per heavy atom. The summed E-state index contributed by atoms with van der Waals surface area (Å²) in [7, 11) is 0. The van der Waals surface area contributed by atoms with E-state index in [0.29, 0.717) is 5.82 Å². The van der Waals surface area contributed by atoms with Crippen LogP contribution in [0, 0.1) is 0 Å². The van der Waals surface area contributed by atoms with Crippen molar-refractivity contribution in [2.45, 2.75) is 25.7 Å². The number of aromatic nitrogens is 2. The van der Waals surface area contributed by atoms with Crippen molar-refractivity contribution in [1.29, 1.82) is 0 Å². The molecule has 0 radical (unpaired) electrons. The number of hydrogen-bond donors (Lipinski definition) is 2. The summed E-state index contributed by atoms with van der Waals surface area (Å²) in [5, 5.41) is 7.06. The second-order valence-corrected chi connectivity index (χ2v) is 5.33. The number of nitrogens with two attached hydrogens (primary N) is 1. The number of H-pyrrole nitrogens is 1. The van der Waals surface area contributed by atoms with Gasteiger partial charge in [0.2, 0.25) is 0 Å². The highest BCUT2D eigenvalue weighted by Gasteiger charge is 2.26. The van der Waals surface area contributed by atoms with Gasteiger partial charge in [-0.25, -0.2) is 0 Å². The predicted molar refractivity (Wildman–Crippen MR) is 76.1 cm³/mol. The van der Waals surface area contributed by atoms with Crippen molar-refractivity contribution >= 4 is 5.82 Å². The summed E-state index contributed by atoms with van der Waals surface area (Å²) in [5.41, 5.74) is 10.2. The van der Waals surface area contributed by atoms with Crippen molar-refractivity contribution in [3.8, 4) is 22.8 Å². The van der Waals surface area contributed by atoms with E-state index in [2.05, 4.69) is 16.3 Å². The van der Waals surface area contributed by atoms with Gasteiger partial charge in [-0.05, 0) is 37.3 Å². The molecule has 0 saturated heterocycles. The van der Waals surface area contributed by atoms with Gasteiger partial charge in [-0.1, -0.05) is 0 Å². The molecule has 2 aromatic rings. The van der Waals surface area contributed by atoms with E-state index in [4.69, 9.17) is 15.2 Å². The van der Waals surface area contributed by atoms with Gasteiger partial charge in [0.25, 0.3) is 0 Å². The van der Waals surface area contributed by atoms with Crippen molar-refractivity contribution in [2.24, 2.45) is 0 Å². The van der Waals surface area contributed by atoms with E-state index in [1.807, 2.05) is 6.07 Å². The third-order valence-corrected chi connectivity index (χ3v) is 3.96. The Kier molecular flexibility index (Phi) is 2.58. The first-order valence-corrected chi connectivity index (χ1v) is 7.08. The topological polar surface area (TPSA) is 73.2 Å². The molecule has 0 atom stereocenters. The quantitative estimate of drug-likeness (QED) is 0.834. The van der Waals surface area contributed by atoms with Gasteiger partial charge in [0.15, 0.2) is 0 Å². The predicted octanol–water partition coefficient (Wildman–Crippen LogP) is 2.31. The molecule has 20 heavy (non-hydrogen) atoms. The number of nitrogen functional groups attached to an aromatic ring is 1. The van der Waals surface area contributed by atoms with Crippen LogP contribution in [-0.2, 0) is 12.8 Å². The molecule has 104 valence electrons. The normalized spacial score (nSPS) is 16.8. The molecule has 0 aliphatic carbocycles. The molecule has 2 aliphatic heterocycles. The van der Waals surface area contributed by atoms with Gasteiger partial charge >= 0.3 is 0 Å². The zero-order chi connectivity index (χ0) is 13.5. The number of fused-ring (bicyclic) bond motifs is 2. The Morgan fingerprint density at radius 1 is 1.10 bits per heavy atom. The van der Waals surface area contributed by atoms with Crippen molar-refractivity contribution in [2.75, 3.05) is 18.9 Å². The third kappa shape index (κ3) is 1.73. The molecule has 0 saturated carbocycles. The number of hydrogen-bond acceptors (Lipinski definition) is 4. The maximum atomic E-state index is 5.94. The van der Waals surface area contributed by atoms with E-state index in [0.717, 1.165) is 61.7 Å². The lowest BCUT2D eigenvalue weighted by atomic mass is 9.91. The van der Waals surface area contributed by atoms with Crippen LogP contribution in [0.1, 0.15) is 24.0 Å².